The van der Waals surface area contributed by atoms with E-state index in [0.29, 0.717) is 27.6 Å². The van der Waals surface area contributed by atoms with E-state index >= 15 is 0 Å². The van der Waals surface area contributed by atoms with Crippen LogP contribution < -0.4 is 4.74 Å². The normalized spacial score (nSPS) is 11.8. The van der Waals surface area contributed by atoms with Crippen LogP contribution in [-0.4, -0.2) is 14.8 Å². The van der Waals surface area contributed by atoms with Gasteiger partial charge in [0.05, 0.1) is 28.0 Å². The van der Waals surface area contributed by atoms with Gasteiger partial charge in [-0.25, -0.2) is 14.1 Å². The Morgan fingerprint density at radius 2 is 1.68 bits per heavy atom. The van der Waals surface area contributed by atoms with E-state index in [0.717, 1.165) is 11.6 Å². The molecule has 4 nitrogen and oxygen atoms in total. The standard InChI is InChI=1S/C28H20ClF4N3O/c1-16-7-10-20(13-23(16)29)36-27-26(17(2)35-36)22(28(31,32)33)14-25(34-27)18-8-11-21(12-9-18)37-15-19-5-3-4-6-24(19)30/h3-14H,15H2,1-2H3. The van der Waals surface area contributed by atoms with Crippen LogP contribution in [0.4, 0.5) is 17.6 Å². The van der Waals surface area contributed by atoms with Gasteiger partial charge >= 0.3 is 6.18 Å². The van der Waals surface area contributed by atoms with Crippen LogP contribution in [0.1, 0.15) is 22.4 Å². The first kappa shape index (κ1) is 24.8. The Labute approximate surface area is 215 Å². The van der Waals surface area contributed by atoms with Crippen molar-refractivity contribution >= 4 is 22.6 Å². The fourth-order valence-corrected chi connectivity index (χ4v) is 4.23. The molecule has 0 saturated heterocycles. The summed E-state index contributed by atoms with van der Waals surface area (Å²) in [6.45, 7) is 3.37. The minimum absolute atomic E-state index is 0.0199. The molecule has 9 heteroatoms. The number of ether oxygens (including phenoxy) is 1. The molecule has 5 aromatic rings. The van der Waals surface area contributed by atoms with Crippen molar-refractivity contribution < 1.29 is 22.3 Å². The number of alkyl halides is 3. The van der Waals surface area contributed by atoms with Crippen molar-refractivity contribution in [2.75, 3.05) is 0 Å². The molecule has 0 aliphatic heterocycles. The number of rotatable bonds is 5. The van der Waals surface area contributed by atoms with Gasteiger partial charge in [0.1, 0.15) is 18.2 Å². The topological polar surface area (TPSA) is 39.9 Å². The van der Waals surface area contributed by atoms with Crippen molar-refractivity contribution in [2.24, 2.45) is 0 Å². The Morgan fingerprint density at radius 1 is 0.946 bits per heavy atom. The molecular formula is C28H20ClF4N3O. The Kier molecular flexibility index (Phi) is 6.37. The maximum absolute atomic E-state index is 14.1. The first-order chi connectivity index (χ1) is 17.6. The number of aromatic nitrogens is 3. The van der Waals surface area contributed by atoms with E-state index in [1.165, 1.54) is 17.7 Å². The number of halogens is 5. The van der Waals surface area contributed by atoms with Gasteiger partial charge in [-0.2, -0.15) is 18.3 Å². The number of aryl methyl sites for hydroxylation is 2. The Balaban J connectivity index is 1.56. The molecule has 2 heterocycles. The van der Waals surface area contributed by atoms with Crippen LogP contribution in [0.15, 0.2) is 72.8 Å². The van der Waals surface area contributed by atoms with Gasteiger partial charge < -0.3 is 4.74 Å². The predicted octanol–water partition coefficient (Wildman–Crippen LogP) is 8.09. The third-order valence-electron chi connectivity index (χ3n) is 6.02. The summed E-state index contributed by atoms with van der Waals surface area (Å²) in [4.78, 5) is 4.57. The highest BCUT2D eigenvalue weighted by Gasteiger charge is 2.36. The molecule has 188 valence electrons. The highest BCUT2D eigenvalue weighted by atomic mass is 35.5. The highest BCUT2D eigenvalue weighted by molar-refractivity contribution is 6.31. The average molecular weight is 526 g/mol. The van der Waals surface area contributed by atoms with Crippen molar-refractivity contribution in [3.63, 3.8) is 0 Å². The molecule has 3 aromatic carbocycles. The third kappa shape index (κ3) is 4.89. The first-order valence-corrected chi connectivity index (χ1v) is 11.7. The SMILES string of the molecule is Cc1ccc(-n2nc(C)c3c(C(F)(F)F)cc(-c4ccc(OCc5ccccc5F)cc4)nc32)cc1Cl. The van der Waals surface area contributed by atoms with Crippen LogP contribution in [-0.2, 0) is 12.8 Å². The molecule has 37 heavy (non-hydrogen) atoms. The number of hydrogen-bond donors (Lipinski definition) is 0. The number of fused-ring (bicyclic) bond motifs is 1. The molecule has 0 unspecified atom stereocenters. The van der Waals surface area contributed by atoms with E-state index < -0.39 is 11.7 Å². The van der Waals surface area contributed by atoms with Crippen LogP contribution in [0.3, 0.4) is 0 Å². The van der Waals surface area contributed by atoms with Gasteiger partial charge in [0.15, 0.2) is 5.65 Å². The summed E-state index contributed by atoms with van der Waals surface area (Å²) in [5, 5.41) is 4.76. The lowest BCUT2D eigenvalue weighted by atomic mass is 10.0. The van der Waals surface area contributed by atoms with E-state index in [4.69, 9.17) is 16.3 Å². The van der Waals surface area contributed by atoms with Gasteiger partial charge in [-0.1, -0.05) is 35.9 Å². The molecule has 5 rings (SSSR count). The quantitative estimate of drug-likeness (QED) is 0.218. The van der Waals surface area contributed by atoms with E-state index in [-0.39, 0.29) is 34.8 Å². The van der Waals surface area contributed by atoms with Gasteiger partial charge in [-0.15, -0.1) is 0 Å². The third-order valence-corrected chi connectivity index (χ3v) is 6.43. The van der Waals surface area contributed by atoms with Crippen LogP contribution in [0.25, 0.3) is 28.0 Å². The molecule has 0 spiro atoms. The zero-order valence-corrected chi connectivity index (χ0v) is 20.5. The highest BCUT2D eigenvalue weighted by Crippen LogP contribution is 2.39. The minimum atomic E-state index is -4.62. The Bertz CT molecular complexity index is 1610. The summed E-state index contributed by atoms with van der Waals surface area (Å²) in [6, 6.07) is 18.9. The summed E-state index contributed by atoms with van der Waals surface area (Å²) in [6.07, 6.45) is -4.62. The summed E-state index contributed by atoms with van der Waals surface area (Å²) >= 11 is 6.27. The van der Waals surface area contributed by atoms with Crippen molar-refractivity contribution in [3.8, 4) is 22.7 Å². The Morgan fingerprint density at radius 3 is 2.35 bits per heavy atom. The zero-order valence-electron chi connectivity index (χ0n) is 19.8. The minimum Gasteiger partial charge on any atom is -0.489 e. The lowest BCUT2D eigenvalue weighted by molar-refractivity contribution is -0.136. The predicted molar refractivity (Wildman–Crippen MR) is 135 cm³/mol. The van der Waals surface area contributed by atoms with Gasteiger partial charge in [0.2, 0.25) is 0 Å². The molecule has 0 saturated carbocycles. The molecule has 0 atom stereocenters. The number of hydrogen-bond acceptors (Lipinski definition) is 3. The summed E-state index contributed by atoms with van der Waals surface area (Å²) in [7, 11) is 0. The molecule has 0 aliphatic carbocycles. The average Bonchev–Trinajstić information content (AvgIpc) is 3.20. The van der Waals surface area contributed by atoms with Crippen LogP contribution >= 0.6 is 11.6 Å². The van der Waals surface area contributed by atoms with Crippen LogP contribution in [0.2, 0.25) is 5.02 Å². The number of nitrogens with zero attached hydrogens (tertiary/aromatic N) is 3. The van der Waals surface area contributed by atoms with Gasteiger partial charge in [0.25, 0.3) is 0 Å². The second-order valence-corrected chi connectivity index (χ2v) is 8.99. The smallest absolute Gasteiger partial charge is 0.417 e. The second kappa shape index (κ2) is 9.52. The van der Waals surface area contributed by atoms with E-state index in [2.05, 4.69) is 10.1 Å². The Hall–Kier alpha value is -3.91. The molecule has 0 fully saturated rings. The molecule has 0 amide bonds. The van der Waals surface area contributed by atoms with E-state index in [9.17, 15) is 17.6 Å². The van der Waals surface area contributed by atoms with Crippen molar-refractivity contribution in [3.05, 3.63) is 106 Å². The van der Waals surface area contributed by atoms with E-state index in [1.54, 1.807) is 60.7 Å². The van der Waals surface area contributed by atoms with Crippen LogP contribution in [0.5, 0.6) is 5.75 Å². The molecule has 2 aromatic heterocycles. The van der Waals surface area contributed by atoms with Gasteiger partial charge in [0, 0.05) is 16.1 Å². The van der Waals surface area contributed by atoms with Gasteiger partial charge in [-0.3, -0.25) is 0 Å². The molecule has 0 N–H and O–H groups in total. The monoisotopic (exact) mass is 525 g/mol. The largest absolute Gasteiger partial charge is 0.489 e. The lowest BCUT2D eigenvalue weighted by Crippen LogP contribution is -2.08. The summed E-state index contributed by atoms with van der Waals surface area (Å²) in [5.74, 6) is 0.0670. The maximum Gasteiger partial charge on any atom is 0.417 e. The number of pyridine rings is 1. The molecule has 0 bridgehead atoms. The first-order valence-electron chi connectivity index (χ1n) is 11.3. The van der Waals surface area contributed by atoms with Crippen molar-refractivity contribution in [1.29, 1.82) is 0 Å². The van der Waals surface area contributed by atoms with Crippen molar-refractivity contribution in [1.82, 2.24) is 14.8 Å². The fraction of sp³-hybridized carbons (Fsp3) is 0.143. The van der Waals surface area contributed by atoms with Gasteiger partial charge in [-0.05, 0) is 67.9 Å². The summed E-state index contributed by atoms with van der Waals surface area (Å²) < 4.78 is 63.3. The lowest BCUT2D eigenvalue weighted by Gasteiger charge is -2.13. The van der Waals surface area contributed by atoms with Crippen LogP contribution in [0, 0.1) is 19.7 Å². The summed E-state index contributed by atoms with van der Waals surface area (Å²) in [5.41, 5.74) is 1.77. The van der Waals surface area contributed by atoms with E-state index in [1.807, 2.05) is 6.92 Å². The zero-order chi connectivity index (χ0) is 26.3. The molecule has 0 aliphatic rings. The fourth-order valence-electron chi connectivity index (χ4n) is 4.05. The molecule has 0 radical (unpaired) electrons. The van der Waals surface area contributed by atoms with Crippen molar-refractivity contribution in [2.45, 2.75) is 26.6 Å². The number of benzene rings is 3. The maximum atomic E-state index is 14.1. The molecular weight excluding hydrogens is 506 g/mol. The second-order valence-electron chi connectivity index (χ2n) is 8.59.